The van der Waals surface area contributed by atoms with Gasteiger partial charge in [0.25, 0.3) is 0 Å². The van der Waals surface area contributed by atoms with Crippen LogP contribution in [0.1, 0.15) is 18.9 Å². The van der Waals surface area contributed by atoms with Crippen molar-refractivity contribution in [2.75, 3.05) is 6.54 Å². The largest absolute Gasteiger partial charge is 0.361 e. The van der Waals surface area contributed by atoms with Gasteiger partial charge in [-0.2, -0.15) is 0 Å². The lowest BCUT2D eigenvalue weighted by molar-refractivity contribution is -0.122. The van der Waals surface area contributed by atoms with Crippen molar-refractivity contribution in [3.63, 3.8) is 0 Å². The van der Waals surface area contributed by atoms with Gasteiger partial charge in [-0.3, -0.25) is 4.79 Å². The van der Waals surface area contributed by atoms with E-state index in [2.05, 4.69) is 16.4 Å². The number of aromatic nitrogens is 1. The third-order valence-corrected chi connectivity index (χ3v) is 3.15. The molecule has 0 aliphatic heterocycles. The molecule has 4 nitrogen and oxygen atoms in total. The van der Waals surface area contributed by atoms with Crippen molar-refractivity contribution in [3.8, 4) is 0 Å². The number of carbonyl (C=O) groups excluding carboxylic acids is 1. The molecule has 1 amide bonds. The first kappa shape index (κ1) is 12.6. The maximum Gasteiger partial charge on any atom is 0.236 e. The zero-order valence-electron chi connectivity index (χ0n) is 10.6. The zero-order chi connectivity index (χ0) is 13.0. The number of amides is 1. The highest BCUT2D eigenvalue weighted by Gasteiger charge is 2.10. The van der Waals surface area contributed by atoms with Crippen LogP contribution in [0.25, 0.3) is 10.9 Å². The van der Waals surface area contributed by atoms with Crippen LogP contribution in [0.2, 0.25) is 0 Å². The van der Waals surface area contributed by atoms with Crippen LogP contribution in [-0.4, -0.2) is 23.5 Å². The first-order valence-corrected chi connectivity index (χ1v) is 6.30. The van der Waals surface area contributed by atoms with E-state index in [1.54, 1.807) is 0 Å². The van der Waals surface area contributed by atoms with E-state index in [-0.39, 0.29) is 5.91 Å². The van der Waals surface area contributed by atoms with Gasteiger partial charge in [0.05, 0.1) is 6.04 Å². The fourth-order valence-corrected chi connectivity index (χ4v) is 1.98. The highest BCUT2D eigenvalue weighted by molar-refractivity contribution is 5.83. The fourth-order valence-electron chi connectivity index (χ4n) is 1.98. The number of rotatable bonds is 5. The third-order valence-electron chi connectivity index (χ3n) is 3.15. The number of fused-ring (bicyclic) bond motifs is 1. The van der Waals surface area contributed by atoms with Gasteiger partial charge in [-0.1, -0.05) is 25.1 Å². The Hall–Kier alpha value is -1.81. The average Bonchev–Trinajstić information content (AvgIpc) is 2.81. The third kappa shape index (κ3) is 2.71. The zero-order valence-corrected chi connectivity index (χ0v) is 10.6. The van der Waals surface area contributed by atoms with Crippen LogP contribution < -0.4 is 11.1 Å². The molecule has 0 fully saturated rings. The van der Waals surface area contributed by atoms with E-state index < -0.39 is 6.04 Å². The standard InChI is InChI=1S/C14H19N3O/c1-2-12(15)14(18)16-8-7-10-9-17-13-6-4-3-5-11(10)13/h3-6,9,12,17H,2,7-8,15H2,1H3,(H,16,18)/t12-/m0/s1. The van der Waals surface area contributed by atoms with Gasteiger partial charge in [-0.15, -0.1) is 0 Å². The molecule has 0 spiro atoms. The summed E-state index contributed by atoms with van der Waals surface area (Å²) in [5, 5.41) is 4.07. The Morgan fingerprint density at radius 1 is 1.44 bits per heavy atom. The Morgan fingerprint density at radius 3 is 3.00 bits per heavy atom. The molecule has 0 aliphatic carbocycles. The smallest absolute Gasteiger partial charge is 0.236 e. The second-order valence-electron chi connectivity index (χ2n) is 4.42. The van der Waals surface area contributed by atoms with Gasteiger partial charge in [-0.05, 0) is 24.5 Å². The molecule has 0 unspecified atom stereocenters. The van der Waals surface area contributed by atoms with Crippen LogP contribution in [0.3, 0.4) is 0 Å². The van der Waals surface area contributed by atoms with Gasteiger partial charge in [-0.25, -0.2) is 0 Å². The van der Waals surface area contributed by atoms with Crippen LogP contribution >= 0.6 is 0 Å². The van der Waals surface area contributed by atoms with Gasteiger partial charge in [0, 0.05) is 23.6 Å². The molecule has 1 aromatic heterocycles. The monoisotopic (exact) mass is 245 g/mol. The first-order valence-electron chi connectivity index (χ1n) is 6.30. The van der Waals surface area contributed by atoms with E-state index in [0.29, 0.717) is 13.0 Å². The first-order chi connectivity index (χ1) is 8.72. The minimum absolute atomic E-state index is 0.0719. The summed E-state index contributed by atoms with van der Waals surface area (Å²) in [4.78, 5) is 14.7. The summed E-state index contributed by atoms with van der Waals surface area (Å²) in [6.07, 6.45) is 3.47. The molecule has 4 heteroatoms. The van der Waals surface area contributed by atoms with Crippen LogP contribution in [-0.2, 0) is 11.2 Å². The minimum atomic E-state index is -0.395. The highest BCUT2D eigenvalue weighted by Crippen LogP contribution is 2.17. The molecule has 1 atom stereocenters. The maximum atomic E-state index is 11.5. The summed E-state index contributed by atoms with van der Waals surface area (Å²) in [5.74, 6) is -0.0719. The van der Waals surface area contributed by atoms with Crippen molar-refractivity contribution in [1.82, 2.24) is 10.3 Å². The molecule has 0 saturated heterocycles. The number of nitrogens with two attached hydrogens (primary N) is 1. The molecule has 96 valence electrons. The second-order valence-corrected chi connectivity index (χ2v) is 4.42. The maximum absolute atomic E-state index is 11.5. The number of hydrogen-bond acceptors (Lipinski definition) is 2. The topological polar surface area (TPSA) is 70.9 Å². The van der Waals surface area contributed by atoms with Gasteiger partial charge < -0.3 is 16.0 Å². The van der Waals surface area contributed by atoms with E-state index in [9.17, 15) is 4.79 Å². The number of benzene rings is 1. The number of H-pyrrole nitrogens is 1. The predicted octanol–water partition coefficient (Wildman–Crippen LogP) is 1.56. The lowest BCUT2D eigenvalue weighted by atomic mass is 10.1. The summed E-state index contributed by atoms with van der Waals surface area (Å²) in [7, 11) is 0. The minimum Gasteiger partial charge on any atom is -0.361 e. The van der Waals surface area contributed by atoms with Crippen molar-refractivity contribution >= 4 is 16.8 Å². The molecule has 18 heavy (non-hydrogen) atoms. The van der Waals surface area contributed by atoms with Crippen LogP contribution in [0.4, 0.5) is 0 Å². The quantitative estimate of drug-likeness (QED) is 0.748. The molecule has 2 aromatic rings. The second kappa shape index (κ2) is 5.69. The lowest BCUT2D eigenvalue weighted by Crippen LogP contribution is -2.40. The van der Waals surface area contributed by atoms with Gasteiger partial charge in [0.1, 0.15) is 0 Å². The highest BCUT2D eigenvalue weighted by atomic mass is 16.2. The molecule has 0 saturated carbocycles. The van der Waals surface area contributed by atoms with E-state index in [0.717, 1.165) is 11.9 Å². The number of para-hydroxylation sites is 1. The van der Waals surface area contributed by atoms with E-state index in [4.69, 9.17) is 5.73 Å². The van der Waals surface area contributed by atoms with Gasteiger partial charge >= 0.3 is 0 Å². The van der Waals surface area contributed by atoms with Crippen LogP contribution in [0, 0.1) is 0 Å². The lowest BCUT2D eigenvalue weighted by Gasteiger charge is -2.09. The van der Waals surface area contributed by atoms with Crippen LogP contribution in [0.5, 0.6) is 0 Å². The summed E-state index contributed by atoms with van der Waals surface area (Å²) in [6.45, 7) is 2.53. The molecule has 2 rings (SSSR count). The summed E-state index contributed by atoms with van der Waals surface area (Å²) < 4.78 is 0. The SMILES string of the molecule is CC[C@H](N)C(=O)NCCc1c[nH]c2ccccc12. The summed E-state index contributed by atoms with van der Waals surface area (Å²) >= 11 is 0. The number of nitrogens with one attached hydrogen (secondary N) is 2. The predicted molar refractivity (Wildman–Crippen MR) is 73.3 cm³/mol. The average molecular weight is 245 g/mol. The number of carbonyl (C=O) groups is 1. The van der Waals surface area contributed by atoms with Gasteiger partial charge in [0.15, 0.2) is 0 Å². The van der Waals surface area contributed by atoms with Crippen molar-refractivity contribution in [3.05, 3.63) is 36.0 Å². The molecule has 0 aliphatic rings. The van der Waals surface area contributed by atoms with Crippen LogP contribution in [0.15, 0.2) is 30.5 Å². The Balaban J connectivity index is 1.93. The van der Waals surface area contributed by atoms with Crippen molar-refractivity contribution < 1.29 is 4.79 Å². The Morgan fingerprint density at radius 2 is 2.22 bits per heavy atom. The molecule has 1 aromatic carbocycles. The Kier molecular flexibility index (Phi) is 3.99. The normalized spacial score (nSPS) is 12.6. The molecule has 0 bridgehead atoms. The van der Waals surface area contributed by atoms with Crippen molar-refractivity contribution in [2.45, 2.75) is 25.8 Å². The Labute approximate surface area is 107 Å². The van der Waals surface area contributed by atoms with Crippen molar-refractivity contribution in [2.24, 2.45) is 5.73 Å². The van der Waals surface area contributed by atoms with Gasteiger partial charge in [0.2, 0.25) is 5.91 Å². The number of aromatic amines is 1. The molecule has 0 radical (unpaired) electrons. The Bertz CT molecular complexity index is 533. The number of hydrogen-bond donors (Lipinski definition) is 3. The summed E-state index contributed by atoms with van der Waals surface area (Å²) in [6, 6.07) is 7.76. The molecule has 1 heterocycles. The van der Waals surface area contributed by atoms with E-state index in [1.165, 1.54) is 10.9 Å². The van der Waals surface area contributed by atoms with E-state index >= 15 is 0 Å². The van der Waals surface area contributed by atoms with E-state index in [1.807, 2.05) is 31.3 Å². The summed E-state index contributed by atoms with van der Waals surface area (Å²) in [5.41, 5.74) is 8.00. The molecule has 4 N–H and O–H groups in total. The fraction of sp³-hybridized carbons (Fsp3) is 0.357. The molecular formula is C14H19N3O. The van der Waals surface area contributed by atoms with Crippen molar-refractivity contribution in [1.29, 1.82) is 0 Å². The molecular weight excluding hydrogens is 226 g/mol.